The highest BCUT2D eigenvalue weighted by atomic mass is 32.2. The first-order valence-corrected chi connectivity index (χ1v) is 6.76. The van der Waals surface area contributed by atoms with Gasteiger partial charge in [0.2, 0.25) is 0 Å². The molecule has 1 heterocycles. The van der Waals surface area contributed by atoms with Crippen molar-refractivity contribution >= 4 is 17.4 Å². The number of hydrogen-bond acceptors (Lipinski definition) is 7. The van der Waals surface area contributed by atoms with E-state index in [1.807, 2.05) is 0 Å². The van der Waals surface area contributed by atoms with Crippen LogP contribution in [0.15, 0.2) is 28.2 Å². The quantitative estimate of drug-likeness (QED) is 0.381. The van der Waals surface area contributed by atoms with E-state index in [0.717, 1.165) is 12.1 Å². The standard InChI is InChI=1S/C12H8N4O4S/c1-21-12-14-10(7(5-13)11(18)15-12)6-2-3-8(16(19)20)9(17)4-6/h2-4,17H,1H3,(H,14,15,18). The molecule has 21 heavy (non-hydrogen) atoms. The molecule has 2 aromatic rings. The Morgan fingerprint density at radius 3 is 2.76 bits per heavy atom. The van der Waals surface area contributed by atoms with Gasteiger partial charge in [-0.3, -0.25) is 14.9 Å². The number of nitrogens with one attached hydrogen (secondary N) is 1. The Hall–Kier alpha value is -2.86. The van der Waals surface area contributed by atoms with Crippen molar-refractivity contribution in [3.63, 3.8) is 0 Å². The molecule has 0 aliphatic rings. The summed E-state index contributed by atoms with van der Waals surface area (Å²) < 4.78 is 0. The molecule has 0 fully saturated rings. The van der Waals surface area contributed by atoms with Crippen LogP contribution in [-0.4, -0.2) is 26.3 Å². The van der Waals surface area contributed by atoms with Gasteiger partial charge in [0.05, 0.1) is 10.6 Å². The lowest BCUT2D eigenvalue weighted by Crippen LogP contribution is -2.14. The number of hydrogen-bond donors (Lipinski definition) is 2. The summed E-state index contributed by atoms with van der Waals surface area (Å²) in [7, 11) is 0. The first-order valence-electron chi connectivity index (χ1n) is 5.54. The average Bonchev–Trinajstić information content (AvgIpc) is 2.45. The minimum absolute atomic E-state index is 0.0656. The van der Waals surface area contributed by atoms with Crippen LogP contribution < -0.4 is 5.56 Å². The number of phenolic OH excluding ortho intramolecular Hbond substituents is 1. The molecule has 8 nitrogen and oxygen atoms in total. The Balaban J connectivity index is 2.70. The Labute approximate surface area is 122 Å². The summed E-state index contributed by atoms with van der Waals surface area (Å²) in [6.07, 6.45) is 1.70. The highest BCUT2D eigenvalue weighted by molar-refractivity contribution is 7.98. The zero-order valence-electron chi connectivity index (χ0n) is 10.7. The number of benzene rings is 1. The molecule has 0 amide bonds. The van der Waals surface area contributed by atoms with E-state index in [4.69, 9.17) is 5.26 Å². The lowest BCUT2D eigenvalue weighted by Gasteiger charge is -2.05. The number of thioether (sulfide) groups is 1. The van der Waals surface area contributed by atoms with E-state index in [1.165, 1.54) is 17.8 Å². The molecule has 2 N–H and O–H groups in total. The Kier molecular flexibility index (Phi) is 3.91. The van der Waals surface area contributed by atoms with Crippen molar-refractivity contribution in [3.05, 3.63) is 44.2 Å². The molecule has 0 atom stereocenters. The molecule has 1 aromatic heterocycles. The summed E-state index contributed by atoms with van der Waals surface area (Å²) in [5.74, 6) is -0.561. The fraction of sp³-hybridized carbons (Fsp3) is 0.0833. The summed E-state index contributed by atoms with van der Waals surface area (Å²) >= 11 is 1.18. The van der Waals surface area contributed by atoms with Gasteiger partial charge in [-0.2, -0.15) is 5.26 Å². The van der Waals surface area contributed by atoms with Crippen LogP contribution in [0, 0.1) is 21.4 Å². The minimum Gasteiger partial charge on any atom is -0.502 e. The maximum atomic E-state index is 11.8. The fourth-order valence-electron chi connectivity index (χ4n) is 1.69. The van der Waals surface area contributed by atoms with Crippen LogP contribution >= 0.6 is 11.8 Å². The van der Waals surface area contributed by atoms with Gasteiger partial charge in [-0.25, -0.2) is 4.98 Å². The van der Waals surface area contributed by atoms with Gasteiger partial charge in [0.25, 0.3) is 5.56 Å². The lowest BCUT2D eigenvalue weighted by atomic mass is 10.1. The summed E-state index contributed by atoms with van der Waals surface area (Å²) in [5, 5.41) is 29.7. The Morgan fingerprint density at radius 2 is 2.24 bits per heavy atom. The van der Waals surface area contributed by atoms with Crippen LogP contribution in [0.25, 0.3) is 11.3 Å². The predicted octanol–water partition coefficient (Wildman–Crippen LogP) is 1.64. The van der Waals surface area contributed by atoms with E-state index >= 15 is 0 Å². The zero-order valence-corrected chi connectivity index (χ0v) is 11.5. The molecule has 9 heteroatoms. The Bertz CT molecular complexity index is 825. The van der Waals surface area contributed by atoms with Gasteiger partial charge in [-0.15, -0.1) is 0 Å². The average molecular weight is 304 g/mol. The van der Waals surface area contributed by atoms with Crippen LogP contribution in [-0.2, 0) is 0 Å². The molecule has 0 saturated carbocycles. The van der Waals surface area contributed by atoms with Crippen LogP contribution in [0.2, 0.25) is 0 Å². The number of nitro groups is 1. The van der Waals surface area contributed by atoms with E-state index in [-0.39, 0.29) is 16.8 Å². The van der Waals surface area contributed by atoms with Crippen molar-refractivity contribution < 1.29 is 10.0 Å². The largest absolute Gasteiger partial charge is 0.502 e. The number of nitriles is 1. The van der Waals surface area contributed by atoms with Crippen molar-refractivity contribution in [3.8, 4) is 23.1 Å². The van der Waals surface area contributed by atoms with Gasteiger partial charge in [0.15, 0.2) is 10.9 Å². The van der Waals surface area contributed by atoms with Gasteiger partial charge in [-0.05, 0) is 18.4 Å². The smallest absolute Gasteiger partial charge is 0.310 e. The number of aromatic hydroxyl groups is 1. The van der Waals surface area contributed by atoms with Gasteiger partial charge in [-0.1, -0.05) is 11.8 Å². The fourth-order valence-corrected chi connectivity index (χ4v) is 2.06. The van der Waals surface area contributed by atoms with E-state index in [9.17, 15) is 20.0 Å². The number of phenols is 1. The molecule has 0 unspecified atom stereocenters. The summed E-state index contributed by atoms with van der Waals surface area (Å²) in [4.78, 5) is 28.3. The second-order valence-corrected chi connectivity index (χ2v) is 4.67. The molecule has 1 aromatic carbocycles. The SMILES string of the molecule is CSc1nc(-c2ccc([N+](=O)[O-])c(O)c2)c(C#N)c(=O)[nH]1. The summed E-state index contributed by atoms with van der Waals surface area (Å²) in [5.41, 5.74) is -0.982. The summed E-state index contributed by atoms with van der Waals surface area (Å²) in [6, 6.07) is 5.26. The molecule has 0 aliphatic heterocycles. The van der Waals surface area contributed by atoms with E-state index < -0.39 is 21.9 Å². The topological polar surface area (TPSA) is 133 Å². The van der Waals surface area contributed by atoms with Crippen LogP contribution in [0.3, 0.4) is 0 Å². The first-order chi connectivity index (χ1) is 9.97. The highest BCUT2D eigenvalue weighted by Gasteiger charge is 2.18. The number of aromatic amines is 1. The third kappa shape index (κ3) is 2.70. The zero-order chi connectivity index (χ0) is 15.6. The molecule has 0 saturated heterocycles. The van der Waals surface area contributed by atoms with E-state index in [1.54, 1.807) is 12.3 Å². The third-order valence-corrected chi connectivity index (χ3v) is 3.23. The lowest BCUT2D eigenvalue weighted by molar-refractivity contribution is -0.385. The molecule has 0 bridgehead atoms. The third-order valence-electron chi connectivity index (χ3n) is 2.65. The van der Waals surface area contributed by atoms with Crippen molar-refractivity contribution in [1.29, 1.82) is 5.26 Å². The van der Waals surface area contributed by atoms with Crippen LogP contribution in [0.5, 0.6) is 5.75 Å². The second kappa shape index (κ2) is 5.64. The second-order valence-electron chi connectivity index (χ2n) is 3.87. The first kappa shape index (κ1) is 14.5. The molecule has 106 valence electrons. The maximum absolute atomic E-state index is 11.8. The number of nitrogens with zero attached hydrogens (tertiary/aromatic N) is 3. The van der Waals surface area contributed by atoms with Crippen molar-refractivity contribution in [2.24, 2.45) is 0 Å². The summed E-state index contributed by atoms with van der Waals surface area (Å²) in [6.45, 7) is 0. The van der Waals surface area contributed by atoms with Crippen molar-refractivity contribution in [2.75, 3.05) is 6.26 Å². The van der Waals surface area contributed by atoms with Gasteiger partial charge in [0, 0.05) is 11.6 Å². The normalized spacial score (nSPS) is 10.1. The highest BCUT2D eigenvalue weighted by Crippen LogP contribution is 2.31. The number of H-pyrrole nitrogens is 1. The number of nitro benzene ring substituents is 1. The number of aromatic nitrogens is 2. The van der Waals surface area contributed by atoms with Crippen LogP contribution in [0.1, 0.15) is 5.56 Å². The predicted molar refractivity (Wildman–Crippen MR) is 75.1 cm³/mol. The van der Waals surface area contributed by atoms with Gasteiger partial charge >= 0.3 is 5.69 Å². The maximum Gasteiger partial charge on any atom is 0.310 e. The van der Waals surface area contributed by atoms with Gasteiger partial charge in [0.1, 0.15) is 11.6 Å². The minimum atomic E-state index is -0.733. The van der Waals surface area contributed by atoms with E-state index in [2.05, 4.69) is 9.97 Å². The molecule has 2 rings (SSSR count). The molecule has 0 spiro atoms. The monoisotopic (exact) mass is 304 g/mol. The molecular formula is C12H8N4O4S. The van der Waals surface area contributed by atoms with Crippen molar-refractivity contribution in [2.45, 2.75) is 5.16 Å². The van der Waals surface area contributed by atoms with Crippen LogP contribution in [0.4, 0.5) is 5.69 Å². The molecule has 0 radical (unpaired) electrons. The molecule has 0 aliphatic carbocycles. The van der Waals surface area contributed by atoms with Gasteiger partial charge < -0.3 is 10.1 Å². The Morgan fingerprint density at radius 1 is 1.52 bits per heavy atom. The van der Waals surface area contributed by atoms with Crippen molar-refractivity contribution in [1.82, 2.24) is 9.97 Å². The number of rotatable bonds is 3. The molecular weight excluding hydrogens is 296 g/mol. The van der Waals surface area contributed by atoms with E-state index in [0.29, 0.717) is 5.16 Å².